The van der Waals surface area contributed by atoms with Crippen molar-refractivity contribution in [3.8, 4) is 0 Å². The van der Waals surface area contributed by atoms with Gasteiger partial charge in [0.15, 0.2) is 5.82 Å². The largest absolute Gasteiger partial charge is 0.478 e. The van der Waals surface area contributed by atoms with Crippen molar-refractivity contribution in [3.05, 3.63) is 41.5 Å². The number of carbonyl (C=O) groups excluding carboxylic acids is 1. The number of hydrogen-bond acceptors (Lipinski definition) is 5. The Hall–Kier alpha value is -2.90. The topological polar surface area (TPSA) is 117 Å². The average Bonchev–Trinajstić information content (AvgIpc) is 2.91. The number of para-hydroxylation sites is 1. The molecule has 0 aliphatic rings. The Labute approximate surface area is 113 Å². The second-order valence-electron chi connectivity index (χ2n) is 3.96. The third kappa shape index (κ3) is 3.10. The minimum Gasteiger partial charge on any atom is -0.478 e. The molecule has 0 radical (unpaired) electrons. The molecule has 1 aromatic carbocycles. The van der Waals surface area contributed by atoms with Gasteiger partial charge in [0.25, 0.3) is 0 Å². The van der Waals surface area contributed by atoms with Crippen LogP contribution in [-0.4, -0.2) is 27.2 Å². The summed E-state index contributed by atoms with van der Waals surface area (Å²) in [5.74, 6) is -0.787. The Morgan fingerprint density at radius 3 is 2.85 bits per heavy atom. The van der Waals surface area contributed by atoms with E-state index < -0.39 is 12.0 Å². The van der Waals surface area contributed by atoms with Crippen LogP contribution in [0.2, 0.25) is 0 Å². The number of hydrogen-bond donors (Lipinski definition) is 3. The lowest BCUT2D eigenvalue weighted by molar-refractivity contribution is 0.0698. The summed E-state index contributed by atoms with van der Waals surface area (Å²) in [6.07, 6.45) is 1.15. The maximum atomic E-state index is 11.7. The lowest BCUT2D eigenvalue weighted by Gasteiger charge is -2.11. The third-order valence-corrected chi connectivity index (χ3v) is 2.56. The number of carboxylic acid groups (broad SMARTS) is 1. The molecule has 8 heteroatoms. The molecule has 0 saturated carbocycles. The van der Waals surface area contributed by atoms with Crippen molar-refractivity contribution in [2.75, 3.05) is 5.32 Å². The van der Waals surface area contributed by atoms with Gasteiger partial charge in [-0.15, -0.1) is 0 Å². The van der Waals surface area contributed by atoms with Crippen LogP contribution in [0.3, 0.4) is 0 Å². The SMILES string of the molecule is Cc1cccc(C(=O)O)c1NC(=O)NCc1ncon1. The number of benzene rings is 1. The van der Waals surface area contributed by atoms with E-state index in [0.717, 1.165) is 6.39 Å². The quantitative estimate of drug-likeness (QED) is 0.776. The fourth-order valence-corrected chi connectivity index (χ4v) is 1.60. The summed E-state index contributed by atoms with van der Waals surface area (Å²) in [5, 5.41) is 17.6. The Balaban J connectivity index is 2.06. The fourth-order valence-electron chi connectivity index (χ4n) is 1.60. The van der Waals surface area contributed by atoms with Crippen LogP contribution in [0.1, 0.15) is 21.7 Å². The normalized spacial score (nSPS) is 10.1. The number of nitrogens with one attached hydrogen (secondary N) is 2. The van der Waals surface area contributed by atoms with Gasteiger partial charge in [-0.05, 0) is 18.6 Å². The van der Waals surface area contributed by atoms with Crippen molar-refractivity contribution in [2.24, 2.45) is 0 Å². The van der Waals surface area contributed by atoms with Crippen LogP contribution >= 0.6 is 0 Å². The molecular formula is C12H12N4O4. The van der Waals surface area contributed by atoms with Crippen LogP contribution in [0.5, 0.6) is 0 Å². The zero-order valence-electron chi connectivity index (χ0n) is 10.6. The molecule has 0 aliphatic heterocycles. The van der Waals surface area contributed by atoms with Gasteiger partial charge >= 0.3 is 12.0 Å². The summed E-state index contributed by atoms with van der Waals surface area (Å²) in [6, 6.07) is 4.19. The van der Waals surface area contributed by atoms with Crippen molar-refractivity contribution < 1.29 is 19.2 Å². The van der Waals surface area contributed by atoms with Crippen molar-refractivity contribution >= 4 is 17.7 Å². The molecule has 0 fully saturated rings. The molecule has 2 amide bonds. The minimum absolute atomic E-state index is 0.0275. The summed E-state index contributed by atoms with van der Waals surface area (Å²) in [4.78, 5) is 26.6. The van der Waals surface area contributed by atoms with Crippen molar-refractivity contribution in [2.45, 2.75) is 13.5 Å². The number of carboxylic acids is 1. The van der Waals surface area contributed by atoms with Crippen LogP contribution in [0.25, 0.3) is 0 Å². The molecule has 0 spiro atoms. The highest BCUT2D eigenvalue weighted by molar-refractivity contribution is 6.00. The second-order valence-corrected chi connectivity index (χ2v) is 3.96. The fraction of sp³-hybridized carbons (Fsp3) is 0.167. The minimum atomic E-state index is -1.11. The average molecular weight is 276 g/mol. The summed E-state index contributed by atoms with van der Waals surface area (Å²) >= 11 is 0. The van der Waals surface area contributed by atoms with Crippen LogP contribution < -0.4 is 10.6 Å². The maximum Gasteiger partial charge on any atom is 0.337 e. The number of aromatic nitrogens is 2. The van der Waals surface area contributed by atoms with E-state index in [1.807, 2.05) is 0 Å². The van der Waals surface area contributed by atoms with E-state index in [0.29, 0.717) is 11.4 Å². The predicted molar refractivity (Wildman–Crippen MR) is 68.3 cm³/mol. The molecule has 20 heavy (non-hydrogen) atoms. The van der Waals surface area contributed by atoms with E-state index in [-0.39, 0.29) is 17.8 Å². The highest BCUT2D eigenvalue weighted by Crippen LogP contribution is 2.20. The number of carbonyl (C=O) groups is 2. The van der Waals surface area contributed by atoms with Gasteiger partial charge in [0.05, 0.1) is 17.8 Å². The number of amides is 2. The van der Waals surface area contributed by atoms with Gasteiger partial charge in [-0.2, -0.15) is 4.98 Å². The number of urea groups is 1. The van der Waals surface area contributed by atoms with E-state index in [1.54, 1.807) is 19.1 Å². The van der Waals surface area contributed by atoms with Crippen molar-refractivity contribution in [1.82, 2.24) is 15.5 Å². The maximum absolute atomic E-state index is 11.7. The Kier molecular flexibility index (Phi) is 3.94. The first-order valence-corrected chi connectivity index (χ1v) is 5.71. The molecule has 0 atom stereocenters. The highest BCUT2D eigenvalue weighted by atomic mass is 16.5. The Morgan fingerprint density at radius 2 is 2.20 bits per heavy atom. The molecule has 104 valence electrons. The lowest BCUT2D eigenvalue weighted by atomic mass is 10.1. The lowest BCUT2D eigenvalue weighted by Crippen LogP contribution is -2.29. The van der Waals surface area contributed by atoms with E-state index >= 15 is 0 Å². The molecule has 0 unspecified atom stereocenters. The van der Waals surface area contributed by atoms with E-state index in [4.69, 9.17) is 5.11 Å². The zero-order valence-corrected chi connectivity index (χ0v) is 10.6. The first-order valence-electron chi connectivity index (χ1n) is 5.71. The number of anilines is 1. The van der Waals surface area contributed by atoms with Gasteiger partial charge < -0.3 is 20.3 Å². The summed E-state index contributed by atoms with van der Waals surface area (Å²) in [5.41, 5.74) is 0.935. The monoisotopic (exact) mass is 276 g/mol. The highest BCUT2D eigenvalue weighted by Gasteiger charge is 2.14. The van der Waals surface area contributed by atoms with E-state index in [9.17, 15) is 9.59 Å². The van der Waals surface area contributed by atoms with Gasteiger partial charge in [0, 0.05) is 0 Å². The van der Waals surface area contributed by atoms with Gasteiger partial charge in [-0.3, -0.25) is 0 Å². The van der Waals surface area contributed by atoms with Crippen LogP contribution in [0, 0.1) is 6.92 Å². The summed E-state index contributed by atoms with van der Waals surface area (Å²) in [6.45, 7) is 1.79. The first kappa shape index (κ1) is 13.5. The Bertz CT molecular complexity index is 624. The summed E-state index contributed by atoms with van der Waals surface area (Å²) in [7, 11) is 0. The molecule has 0 bridgehead atoms. The number of nitrogens with zero attached hydrogens (tertiary/aromatic N) is 2. The molecule has 8 nitrogen and oxygen atoms in total. The van der Waals surface area contributed by atoms with E-state index in [2.05, 4.69) is 25.3 Å². The number of rotatable bonds is 4. The molecule has 3 N–H and O–H groups in total. The third-order valence-electron chi connectivity index (χ3n) is 2.56. The van der Waals surface area contributed by atoms with Gasteiger partial charge in [-0.25, -0.2) is 9.59 Å². The standard InChI is InChI=1S/C12H12N4O4/c1-7-3-2-4-8(11(17)18)10(7)15-12(19)13-5-9-14-6-20-16-9/h2-4,6H,5H2,1H3,(H,17,18)(H2,13,15,19). The first-order chi connectivity index (χ1) is 9.58. The van der Waals surface area contributed by atoms with Crippen molar-refractivity contribution in [1.29, 1.82) is 0 Å². The van der Waals surface area contributed by atoms with Gasteiger partial charge in [0.1, 0.15) is 0 Å². The van der Waals surface area contributed by atoms with Crippen molar-refractivity contribution in [3.63, 3.8) is 0 Å². The smallest absolute Gasteiger partial charge is 0.337 e. The van der Waals surface area contributed by atoms with Gasteiger partial charge in [0.2, 0.25) is 6.39 Å². The second kappa shape index (κ2) is 5.83. The molecule has 1 aromatic heterocycles. The Morgan fingerprint density at radius 1 is 1.40 bits per heavy atom. The zero-order chi connectivity index (χ0) is 14.5. The molecule has 2 aromatic rings. The number of aromatic carboxylic acids is 1. The van der Waals surface area contributed by atoms with Gasteiger partial charge in [-0.1, -0.05) is 17.3 Å². The summed E-state index contributed by atoms with van der Waals surface area (Å²) < 4.78 is 4.52. The predicted octanol–water partition coefficient (Wildman–Crippen LogP) is 1.40. The molecular weight excluding hydrogens is 264 g/mol. The molecule has 0 saturated heterocycles. The van der Waals surface area contributed by atoms with Crippen LogP contribution in [0.15, 0.2) is 29.1 Å². The van der Waals surface area contributed by atoms with E-state index in [1.165, 1.54) is 6.07 Å². The van der Waals surface area contributed by atoms with Crippen LogP contribution in [0.4, 0.5) is 10.5 Å². The van der Waals surface area contributed by atoms with Crippen LogP contribution in [-0.2, 0) is 6.54 Å². The molecule has 2 rings (SSSR count). The number of aryl methyl sites for hydroxylation is 1. The molecule has 0 aliphatic carbocycles. The molecule has 1 heterocycles.